The lowest BCUT2D eigenvalue weighted by molar-refractivity contribution is 0.423. The fourth-order valence-electron chi connectivity index (χ4n) is 0.892. The minimum absolute atomic E-state index is 0.297. The third kappa shape index (κ3) is 1.65. The van der Waals surface area contributed by atoms with E-state index in [1.165, 1.54) is 0 Å². The van der Waals surface area contributed by atoms with Crippen LogP contribution in [0.25, 0.3) is 11.5 Å². The van der Waals surface area contributed by atoms with E-state index in [2.05, 4.69) is 26.1 Å². The monoisotopic (exact) mass is 259 g/mol. The molecule has 0 saturated heterocycles. The van der Waals surface area contributed by atoms with Gasteiger partial charge in [0.25, 0.3) is 5.89 Å². The zero-order chi connectivity index (χ0) is 9.26. The van der Waals surface area contributed by atoms with Crippen LogP contribution in [0.3, 0.4) is 0 Å². The summed E-state index contributed by atoms with van der Waals surface area (Å²) in [5, 5.41) is 5.65. The van der Waals surface area contributed by atoms with Crippen molar-refractivity contribution in [2.75, 3.05) is 0 Å². The Kier molecular flexibility index (Phi) is 2.43. The van der Waals surface area contributed by atoms with Gasteiger partial charge < -0.3 is 10.3 Å². The van der Waals surface area contributed by atoms with E-state index in [0.29, 0.717) is 18.3 Å². The quantitative estimate of drug-likeness (QED) is 0.897. The van der Waals surface area contributed by atoms with Crippen molar-refractivity contribution in [3.05, 3.63) is 21.1 Å². The normalized spacial score (nSPS) is 10.6. The van der Waals surface area contributed by atoms with Crippen molar-refractivity contribution in [1.29, 1.82) is 0 Å². The highest BCUT2D eigenvalue weighted by Crippen LogP contribution is 2.31. The maximum absolute atomic E-state index is 5.36. The molecule has 2 aromatic rings. The summed E-state index contributed by atoms with van der Waals surface area (Å²) in [6.07, 6.45) is 0. The third-order valence-corrected chi connectivity index (χ3v) is 3.19. The van der Waals surface area contributed by atoms with E-state index in [4.69, 9.17) is 10.3 Å². The van der Waals surface area contributed by atoms with Crippen LogP contribution in [0.5, 0.6) is 0 Å². The molecule has 13 heavy (non-hydrogen) atoms. The van der Waals surface area contributed by atoms with E-state index in [0.717, 1.165) is 9.35 Å². The second-order valence-corrected chi connectivity index (χ2v) is 4.56. The molecule has 4 nitrogen and oxygen atoms in total. The van der Waals surface area contributed by atoms with Crippen LogP contribution < -0.4 is 5.73 Å². The molecule has 6 heteroatoms. The molecule has 0 radical (unpaired) electrons. The van der Waals surface area contributed by atoms with Crippen molar-refractivity contribution in [2.24, 2.45) is 5.73 Å². The average molecular weight is 260 g/mol. The van der Waals surface area contributed by atoms with Gasteiger partial charge in [-0.25, -0.2) is 0 Å². The first kappa shape index (κ1) is 8.86. The van der Waals surface area contributed by atoms with Gasteiger partial charge >= 0.3 is 0 Å². The lowest BCUT2D eigenvalue weighted by Gasteiger charge is -1.86. The molecule has 2 rings (SSSR count). The Balaban J connectivity index is 2.41. The lowest BCUT2D eigenvalue weighted by atomic mass is 10.3. The Morgan fingerprint density at radius 1 is 1.62 bits per heavy atom. The first-order valence-corrected chi connectivity index (χ1v) is 5.24. The summed E-state index contributed by atoms with van der Waals surface area (Å²) in [6.45, 7) is 0.297. The van der Waals surface area contributed by atoms with Gasteiger partial charge in [0.2, 0.25) is 0 Å². The van der Waals surface area contributed by atoms with Gasteiger partial charge in [0.05, 0.1) is 15.9 Å². The van der Waals surface area contributed by atoms with E-state index in [9.17, 15) is 0 Å². The molecule has 0 bridgehead atoms. The smallest absolute Gasteiger partial charge is 0.259 e. The van der Waals surface area contributed by atoms with Crippen molar-refractivity contribution < 1.29 is 4.52 Å². The summed E-state index contributed by atoms with van der Waals surface area (Å²) < 4.78 is 6.00. The number of hydrogen-bond acceptors (Lipinski definition) is 5. The first-order chi connectivity index (χ1) is 6.31. The summed E-state index contributed by atoms with van der Waals surface area (Å²) in [4.78, 5) is 4.11. The maximum atomic E-state index is 5.36. The average Bonchev–Trinajstić information content (AvgIpc) is 2.71. The standard InChI is InChI=1S/C7H6BrN3OS/c8-6-4(1-2-13-6)7-10-5(3-9)11-12-7/h1-2H,3,9H2. The minimum atomic E-state index is 0.297. The van der Waals surface area contributed by atoms with Crippen molar-refractivity contribution >= 4 is 27.3 Å². The maximum Gasteiger partial charge on any atom is 0.259 e. The van der Waals surface area contributed by atoms with Crippen molar-refractivity contribution in [3.8, 4) is 11.5 Å². The molecule has 2 aromatic heterocycles. The van der Waals surface area contributed by atoms with Crippen molar-refractivity contribution in [3.63, 3.8) is 0 Å². The molecule has 2 heterocycles. The van der Waals surface area contributed by atoms with Crippen LogP contribution in [0, 0.1) is 0 Å². The first-order valence-electron chi connectivity index (χ1n) is 3.57. The summed E-state index contributed by atoms with van der Waals surface area (Å²) in [7, 11) is 0. The highest BCUT2D eigenvalue weighted by molar-refractivity contribution is 9.11. The molecule has 2 N–H and O–H groups in total. The number of hydrogen-bond donors (Lipinski definition) is 1. The van der Waals surface area contributed by atoms with E-state index < -0.39 is 0 Å². The summed E-state index contributed by atoms with van der Waals surface area (Å²) in [6, 6.07) is 1.92. The predicted octanol–water partition coefficient (Wildman–Crippen LogP) is 2.02. The summed E-state index contributed by atoms with van der Waals surface area (Å²) >= 11 is 4.97. The van der Waals surface area contributed by atoms with Crippen LogP contribution in [0.4, 0.5) is 0 Å². The van der Waals surface area contributed by atoms with Gasteiger partial charge in [-0.1, -0.05) is 5.16 Å². The van der Waals surface area contributed by atoms with Crippen LogP contribution in [-0.4, -0.2) is 10.1 Å². The largest absolute Gasteiger partial charge is 0.334 e. The SMILES string of the molecule is NCc1noc(-c2ccsc2Br)n1. The molecule has 0 aliphatic carbocycles. The second-order valence-electron chi connectivity index (χ2n) is 2.33. The molecule has 68 valence electrons. The Labute approximate surface area is 86.9 Å². The van der Waals surface area contributed by atoms with Gasteiger partial charge in [0.15, 0.2) is 5.82 Å². The molecule has 0 unspecified atom stereocenters. The van der Waals surface area contributed by atoms with E-state index in [1.807, 2.05) is 11.4 Å². The Morgan fingerprint density at radius 2 is 2.46 bits per heavy atom. The van der Waals surface area contributed by atoms with Gasteiger partial charge in [0, 0.05) is 0 Å². The zero-order valence-corrected chi connectivity index (χ0v) is 8.93. The van der Waals surface area contributed by atoms with Gasteiger partial charge in [-0.3, -0.25) is 0 Å². The number of rotatable bonds is 2. The Bertz CT molecular complexity index is 411. The molecule has 0 spiro atoms. The molecule has 0 fully saturated rings. The fraction of sp³-hybridized carbons (Fsp3) is 0.143. The van der Waals surface area contributed by atoms with Crippen LogP contribution in [0.1, 0.15) is 5.82 Å². The summed E-state index contributed by atoms with van der Waals surface area (Å²) in [5.74, 6) is 1.03. The Hall–Kier alpha value is -0.720. The van der Waals surface area contributed by atoms with Gasteiger partial charge in [-0.05, 0) is 27.4 Å². The molecular weight excluding hydrogens is 254 g/mol. The van der Waals surface area contributed by atoms with Crippen LogP contribution in [0.15, 0.2) is 19.8 Å². The van der Waals surface area contributed by atoms with E-state index in [1.54, 1.807) is 11.3 Å². The minimum Gasteiger partial charge on any atom is -0.334 e. The summed E-state index contributed by atoms with van der Waals surface area (Å²) in [5.41, 5.74) is 6.27. The lowest BCUT2D eigenvalue weighted by Crippen LogP contribution is -1.97. The van der Waals surface area contributed by atoms with Gasteiger partial charge in [-0.15, -0.1) is 11.3 Å². The number of nitrogens with two attached hydrogens (primary N) is 1. The molecule has 0 aromatic carbocycles. The highest BCUT2D eigenvalue weighted by Gasteiger charge is 2.11. The molecule has 0 saturated carbocycles. The third-order valence-electron chi connectivity index (χ3n) is 1.50. The van der Waals surface area contributed by atoms with Crippen LogP contribution >= 0.6 is 27.3 Å². The molecule has 0 aliphatic heterocycles. The number of thiophene rings is 1. The predicted molar refractivity (Wildman–Crippen MR) is 53.2 cm³/mol. The molecule has 0 atom stereocenters. The molecular formula is C7H6BrN3OS. The van der Waals surface area contributed by atoms with Crippen LogP contribution in [0.2, 0.25) is 0 Å². The number of nitrogens with zero attached hydrogens (tertiary/aromatic N) is 2. The molecule has 0 aliphatic rings. The number of halogens is 1. The number of aromatic nitrogens is 2. The fourth-order valence-corrected chi connectivity index (χ4v) is 2.12. The van der Waals surface area contributed by atoms with E-state index >= 15 is 0 Å². The second kappa shape index (κ2) is 3.57. The zero-order valence-electron chi connectivity index (χ0n) is 6.53. The van der Waals surface area contributed by atoms with Crippen molar-refractivity contribution in [2.45, 2.75) is 6.54 Å². The van der Waals surface area contributed by atoms with Gasteiger partial charge in [0.1, 0.15) is 0 Å². The molecule has 0 amide bonds. The highest BCUT2D eigenvalue weighted by atomic mass is 79.9. The van der Waals surface area contributed by atoms with Gasteiger partial charge in [-0.2, -0.15) is 4.98 Å². The van der Waals surface area contributed by atoms with Crippen molar-refractivity contribution in [1.82, 2.24) is 10.1 Å². The Morgan fingerprint density at radius 3 is 3.00 bits per heavy atom. The van der Waals surface area contributed by atoms with E-state index in [-0.39, 0.29) is 0 Å². The van der Waals surface area contributed by atoms with Crippen LogP contribution in [-0.2, 0) is 6.54 Å². The topological polar surface area (TPSA) is 64.9 Å².